The Morgan fingerprint density at radius 1 is 0.579 bits per heavy atom. The van der Waals surface area contributed by atoms with Gasteiger partial charge in [0.2, 0.25) is 0 Å². The van der Waals surface area contributed by atoms with Gasteiger partial charge in [-0.2, -0.15) is 0 Å². The van der Waals surface area contributed by atoms with E-state index in [1.807, 2.05) is 0 Å². The van der Waals surface area contributed by atoms with Gasteiger partial charge in [0.25, 0.3) is 0 Å². The summed E-state index contributed by atoms with van der Waals surface area (Å²) < 4.78 is 60.6. The van der Waals surface area contributed by atoms with Crippen molar-refractivity contribution in [2.75, 3.05) is 26.4 Å². The van der Waals surface area contributed by atoms with Gasteiger partial charge >= 0.3 is 0 Å². The Kier molecular flexibility index (Phi) is 25.5. The second-order valence-electron chi connectivity index (χ2n) is 18.5. The minimum Gasteiger partial charge on any atom is -0.396 e. The molecule has 0 aromatic carbocycles. The molecule has 0 spiro atoms. The molecule has 0 aliphatic heterocycles. The molecule has 0 saturated heterocycles. The first-order valence-electron chi connectivity index (χ1n) is 22.2. The Morgan fingerprint density at radius 3 is 1.33 bits per heavy atom. The standard InChI is InChI=1S/C24H46O6P2.C17H33O4P.2W.Y/c1-13-8-19(22(26)16(13)4)12-28-32(7)30-23-17(5)14(2)9-20(23)11-27-31-29-24-18(6)15(3)10-21(24)25;1-10-7-15(16(19)12(10)3)9-20-22(5)21-17-13(4)11(2)6-14(17)8-18;;;/h13-26,31-32H,7-12H2,1-6H3;10-19,22H,5-9H2,1-4H3;;;/i31T,32T;22T;;;. The van der Waals surface area contributed by atoms with Crippen molar-refractivity contribution in [3.8, 4) is 0 Å². The van der Waals surface area contributed by atoms with Crippen LogP contribution in [0.4, 0.5) is 0 Å². The molecule has 5 aliphatic carbocycles. The quantitative estimate of drug-likeness (QED) is 0.115. The Labute approximate surface area is 407 Å². The summed E-state index contributed by atoms with van der Waals surface area (Å²) in [5.41, 5.74) is 0. The van der Waals surface area contributed by atoms with Crippen LogP contribution >= 0.6 is 24.9 Å². The Bertz CT molecular complexity index is 1370. The van der Waals surface area contributed by atoms with E-state index < -0.39 is 37.1 Å². The zero-order chi connectivity index (χ0) is 42.7. The Balaban J connectivity index is 0.000000610. The van der Waals surface area contributed by atoms with Crippen LogP contribution < -0.4 is 0 Å². The van der Waals surface area contributed by atoms with Gasteiger partial charge in [-0.1, -0.05) is 81.8 Å². The van der Waals surface area contributed by atoms with Gasteiger partial charge in [0.1, 0.15) is 19.7 Å². The third-order valence-corrected chi connectivity index (χ3v) is 17.2. The van der Waals surface area contributed by atoms with Gasteiger partial charge in [-0.3, -0.25) is 0 Å². The summed E-state index contributed by atoms with van der Waals surface area (Å²) in [5.74, 6) is 3.49. The molecule has 5 saturated carbocycles. The zero-order valence-corrected chi connectivity index (χ0v) is 47.7. The molecule has 16 heteroatoms. The zero-order valence-electron chi connectivity index (χ0n) is 39.3. The van der Waals surface area contributed by atoms with E-state index in [9.17, 15) is 20.4 Å². The summed E-state index contributed by atoms with van der Waals surface area (Å²) in [6.45, 7) is 22.1. The van der Waals surface area contributed by atoms with Gasteiger partial charge in [0, 0.05) is 105 Å². The first-order valence-corrected chi connectivity index (χ1v) is 24.3. The molecule has 23 unspecified atom stereocenters. The second-order valence-corrected chi connectivity index (χ2v) is 21.4. The maximum atomic E-state index is 10.4. The van der Waals surface area contributed by atoms with E-state index in [0.29, 0.717) is 61.7 Å². The first-order chi connectivity index (χ1) is 26.5. The van der Waals surface area contributed by atoms with E-state index in [0.717, 1.165) is 25.7 Å². The van der Waals surface area contributed by atoms with Crippen molar-refractivity contribution in [3.05, 3.63) is 0 Å². The molecule has 0 heterocycles. The maximum absolute atomic E-state index is 10.4. The maximum Gasteiger partial charge on any atom is 0.155 e. The molecular weight excluding hydrogens is 1200 g/mol. The SMILES string of the molecule is [3H]P(=C)(OCC1CC(C)C(C)C1O)OC1C(CO)CC(C)C1C.[3H]P(OCC1CC(C)C(C)C1OP([3H])(=C)OCC1CC(C)C(C)C1O)OC1C(O)CC(C)C1C.[W].[W].[Y]. The van der Waals surface area contributed by atoms with Crippen LogP contribution in [0.1, 0.15) is 101 Å². The van der Waals surface area contributed by atoms with Gasteiger partial charge in [0.15, 0.2) is 8.98 Å². The van der Waals surface area contributed by atoms with Crippen LogP contribution in [0.2, 0.25) is 0 Å². The molecule has 5 aliphatic rings. The molecule has 10 nitrogen and oxygen atoms in total. The van der Waals surface area contributed by atoms with E-state index >= 15 is 0 Å². The normalized spacial score (nSPS) is 47.4. The number of aliphatic hydroxyl groups is 4. The number of rotatable bonds is 16. The van der Waals surface area contributed by atoms with Gasteiger partial charge in [-0.25, -0.2) is 0 Å². The van der Waals surface area contributed by atoms with Crippen molar-refractivity contribution in [2.24, 2.45) is 82.9 Å². The van der Waals surface area contributed by atoms with Crippen molar-refractivity contribution >= 4 is 37.5 Å². The number of hydrogen-bond donors (Lipinski definition) is 4. The summed E-state index contributed by atoms with van der Waals surface area (Å²) >= 11 is 0. The number of aliphatic hydroxyl groups excluding tert-OH is 4. The van der Waals surface area contributed by atoms with Crippen LogP contribution in [-0.2, 0) is 102 Å². The average molecular weight is 1290 g/mol. The van der Waals surface area contributed by atoms with E-state index in [1.54, 1.807) is 0 Å². The summed E-state index contributed by atoms with van der Waals surface area (Å²) in [6, 6.07) is 0. The van der Waals surface area contributed by atoms with Crippen LogP contribution in [-0.4, -0.2) is 99.9 Å². The summed E-state index contributed by atoms with van der Waals surface area (Å²) in [5, 5.41) is 40.5. The summed E-state index contributed by atoms with van der Waals surface area (Å²) in [7, 11) is -7.89. The van der Waals surface area contributed by atoms with Crippen molar-refractivity contribution in [1.29, 1.82) is 3.84 Å². The predicted octanol–water partition coefficient (Wildman–Crippen LogP) is 7.55. The Morgan fingerprint density at radius 2 is 0.947 bits per heavy atom. The molecule has 0 aromatic rings. The third kappa shape index (κ3) is 15.9. The van der Waals surface area contributed by atoms with E-state index in [4.69, 9.17) is 31.0 Å². The van der Waals surface area contributed by atoms with E-state index in [-0.39, 0.29) is 153 Å². The second kappa shape index (κ2) is 27.6. The molecular formula is C41H79O10P3W2Y. The van der Waals surface area contributed by atoms with Crippen LogP contribution in [0.3, 0.4) is 0 Å². The van der Waals surface area contributed by atoms with Crippen LogP contribution in [0.5, 0.6) is 0 Å². The monoisotopic (exact) mass is 1290 g/mol. The van der Waals surface area contributed by atoms with Gasteiger partial charge < -0.3 is 47.6 Å². The average Bonchev–Trinajstić information content (AvgIpc) is 3.82. The minimum atomic E-state index is -3.08. The molecule has 5 rings (SSSR count). The predicted molar refractivity (Wildman–Crippen MR) is 225 cm³/mol. The van der Waals surface area contributed by atoms with Gasteiger partial charge in [0.05, 0.1) is 56.4 Å². The molecule has 4 N–H and O–H groups in total. The van der Waals surface area contributed by atoms with Crippen LogP contribution in [0.25, 0.3) is 0 Å². The summed E-state index contributed by atoms with van der Waals surface area (Å²) in [6.07, 6.45) is 10.0. The molecule has 1 radical (unpaired) electrons. The third-order valence-electron chi connectivity index (χ3n) is 14.8. The Hall–Kier alpha value is 3.11. The molecule has 0 bridgehead atoms. The fourth-order valence-corrected chi connectivity index (χ4v) is 12.7. The molecule has 333 valence electrons. The van der Waals surface area contributed by atoms with E-state index in [1.165, 1.54) is 0 Å². The van der Waals surface area contributed by atoms with Crippen molar-refractivity contribution in [3.63, 3.8) is 0 Å². The van der Waals surface area contributed by atoms with Gasteiger partial charge in [-0.15, -0.1) is 0 Å². The van der Waals surface area contributed by atoms with Crippen LogP contribution in [0, 0.1) is 82.9 Å². The molecule has 5 fully saturated rings. The number of hydrogen-bond acceptors (Lipinski definition) is 10. The van der Waals surface area contributed by atoms with Crippen LogP contribution in [0.15, 0.2) is 0 Å². The molecule has 0 aromatic heterocycles. The topological polar surface area (TPSA) is 136 Å². The molecule has 0 amide bonds. The largest absolute Gasteiger partial charge is 0.396 e. The van der Waals surface area contributed by atoms with Crippen molar-refractivity contribution < 1.29 is 122 Å². The fourth-order valence-electron chi connectivity index (χ4n) is 9.86. The van der Waals surface area contributed by atoms with Crippen molar-refractivity contribution in [1.82, 2.24) is 0 Å². The first kappa shape index (κ1) is 52.7. The summed E-state index contributed by atoms with van der Waals surface area (Å²) in [4.78, 5) is 0. The van der Waals surface area contributed by atoms with Gasteiger partial charge in [-0.05, 0) is 91.3 Å². The van der Waals surface area contributed by atoms with E-state index in [2.05, 4.69) is 81.8 Å². The van der Waals surface area contributed by atoms with Crippen molar-refractivity contribution in [2.45, 2.75) is 138 Å². The molecule has 57 heavy (non-hydrogen) atoms. The fraction of sp³-hybridized carbons (Fsp3) is 0.951. The molecule has 23 atom stereocenters. The smallest absolute Gasteiger partial charge is 0.155 e. The minimum absolute atomic E-state index is 0.